The number of rotatable bonds is 6. The van der Waals surface area contributed by atoms with E-state index in [1.54, 1.807) is 11.6 Å². The molecule has 138 valence electrons. The number of hydrogen-bond acceptors (Lipinski definition) is 6. The van der Waals surface area contributed by atoms with Crippen LogP contribution in [-0.4, -0.2) is 42.4 Å². The minimum atomic E-state index is -1.17. The molecule has 1 aromatic heterocycles. The Bertz CT molecular complexity index is 980. The molecule has 0 saturated heterocycles. The number of anilines is 1. The Labute approximate surface area is 163 Å². The van der Waals surface area contributed by atoms with Crippen LogP contribution in [-0.2, 0) is 4.79 Å². The van der Waals surface area contributed by atoms with E-state index in [2.05, 4.69) is 20.8 Å². The number of thioether (sulfide) groups is 1. The van der Waals surface area contributed by atoms with Gasteiger partial charge in [-0.15, -0.1) is 5.10 Å². The molecule has 1 unspecified atom stereocenters. The van der Waals surface area contributed by atoms with Crippen molar-refractivity contribution in [1.29, 1.82) is 0 Å². The maximum atomic E-state index is 12.5. The van der Waals surface area contributed by atoms with Gasteiger partial charge in [-0.25, -0.2) is 4.79 Å². The Morgan fingerprint density at radius 1 is 1.22 bits per heavy atom. The van der Waals surface area contributed by atoms with E-state index in [1.165, 1.54) is 30.0 Å². The third kappa shape index (κ3) is 4.44. The summed E-state index contributed by atoms with van der Waals surface area (Å²) in [7, 11) is 0. The second-order valence-corrected chi connectivity index (χ2v) is 7.17. The summed E-state index contributed by atoms with van der Waals surface area (Å²) in [6.45, 7) is 1.71. The molecule has 1 heterocycles. The Morgan fingerprint density at radius 2 is 1.96 bits per heavy atom. The molecule has 0 radical (unpaired) electrons. The van der Waals surface area contributed by atoms with E-state index in [4.69, 9.17) is 16.7 Å². The highest BCUT2D eigenvalue weighted by molar-refractivity contribution is 8.00. The number of nitrogens with zero attached hydrogens (tertiary/aromatic N) is 4. The summed E-state index contributed by atoms with van der Waals surface area (Å²) >= 11 is 7.02. The summed E-state index contributed by atoms with van der Waals surface area (Å²) in [4.78, 5) is 23.6. The number of carbonyl (C=O) groups excluding carboxylic acids is 1. The van der Waals surface area contributed by atoms with E-state index in [9.17, 15) is 9.59 Å². The van der Waals surface area contributed by atoms with Gasteiger partial charge in [-0.1, -0.05) is 41.6 Å². The van der Waals surface area contributed by atoms with Crippen LogP contribution < -0.4 is 5.32 Å². The maximum absolute atomic E-state index is 12.5. The van der Waals surface area contributed by atoms with Crippen LogP contribution in [0.4, 0.5) is 5.69 Å². The molecular formula is C17H14ClN5O3S. The van der Waals surface area contributed by atoms with Gasteiger partial charge >= 0.3 is 5.97 Å². The number of tetrazole rings is 1. The number of benzene rings is 2. The third-order valence-corrected chi connectivity index (χ3v) is 4.92. The number of aromatic carboxylic acids is 1. The fraction of sp³-hybridized carbons (Fsp3) is 0.118. The van der Waals surface area contributed by atoms with Gasteiger partial charge in [0.05, 0.1) is 21.5 Å². The van der Waals surface area contributed by atoms with E-state index in [-0.39, 0.29) is 16.5 Å². The van der Waals surface area contributed by atoms with Crippen LogP contribution in [0.3, 0.4) is 0 Å². The van der Waals surface area contributed by atoms with Crippen molar-refractivity contribution < 1.29 is 14.7 Å². The fourth-order valence-corrected chi connectivity index (χ4v) is 3.21. The molecule has 0 spiro atoms. The quantitative estimate of drug-likeness (QED) is 0.608. The molecule has 2 N–H and O–H groups in total. The van der Waals surface area contributed by atoms with E-state index in [0.717, 1.165) is 5.69 Å². The van der Waals surface area contributed by atoms with Crippen molar-refractivity contribution in [2.24, 2.45) is 0 Å². The van der Waals surface area contributed by atoms with Crippen LogP contribution in [0.25, 0.3) is 5.69 Å². The molecule has 0 aliphatic rings. The van der Waals surface area contributed by atoms with Crippen molar-refractivity contribution in [2.45, 2.75) is 17.3 Å². The van der Waals surface area contributed by atoms with Gasteiger partial charge < -0.3 is 10.4 Å². The lowest BCUT2D eigenvalue weighted by Crippen LogP contribution is -2.23. The van der Waals surface area contributed by atoms with Gasteiger partial charge in [-0.3, -0.25) is 4.79 Å². The van der Waals surface area contributed by atoms with Gasteiger partial charge in [-0.05, 0) is 47.7 Å². The minimum absolute atomic E-state index is 0.0807. The van der Waals surface area contributed by atoms with E-state index in [0.29, 0.717) is 10.8 Å². The van der Waals surface area contributed by atoms with Gasteiger partial charge in [0, 0.05) is 5.69 Å². The SMILES string of the molecule is CC(Sc1nnnn1-c1ccccc1)C(=O)Nc1ccc(Cl)c(C(=O)O)c1. The molecule has 27 heavy (non-hydrogen) atoms. The number of carboxylic acids is 1. The maximum Gasteiger partial charge on any atom is 0.337 e. The summed E-state index contributed by atoms with van der Waals surface area (Å²) in [5.74, 6) is -1.48. The molecule has 1 amide bonds. The highest BCUT2D eigenvalue weighted by atomic mass is 35.5. The highest BCUT2D eigenvalue weighted by Gasteiger charge is 2.20. The third-order valence-electron chi connectivity index (χ3n) is 3.56. The average molecular weight is 404 g/mol. The molecule has 0 aliphatic heterocycles. The first kappa shape index (κ1) is 18.9. The molecule has 3 aromatic rings. The first-order valence-electron chi connectivity index (χ1n) is 7.80. The van der Waals surface area contributed by atoms with Crippen LogP contribution in [0, 0.1) is 0 Å². The number of carbonyl (C=O) groups is 2. The Kier molecular flexibility index (Phi) is 5.72. The van der Waals surface area contributed by atoms with Crippen LogP contribution in [0.2, 0.25) is 5.02 Å². The van der Waals surface area contributed by atoms with Crippen molar-refractivity contribution >= 4 is 40.9 Å². The first-order chi connectivity index (χ1) is 13.0. The molecule has 0 fully saturated rings. The Morgan fingerprint density at radius 3 is 2.67 bits per heavy atom. The molecule has 8 nitrogen and oxygen atoms in total. The lowest BCUT2D eigenvalue weighted by molar-refractivity contribution is -0.115. The largest absolute Gasteiger partial charge is 0.478 e. The molecule has 0 aliphatic carbocycles. The molecular weight excluding hydrogens is 390 g/mol. The molecule has 0 bridgehead atoms. The van der Waals surface area contributed by atoms with E-state index < -0.39 is 11.2 Å². The normalized spacial score (nSPS) is 11.8. The van der Waals surface area contributed by atoms with Crippen LogP contribution in [0.15, 0.2) is 53.7 Å². The van der Waals surface area contributed by atoms with Gasteiger partial charge in [0.1, 0.15) is 0 Å². The van der Waals surface area contributed by atoms with Crippen molar-refractivity contribution in [1.82, 2.24) is 20.2 Å². The number of aromatic nitrogens is 4. The van der Waals surface area contributed by atoms with E-state index in [1.807, 2.05) is 30.3 Å². The molecule has 3 rings (SSSR count). The minimum Gasteiger partial charge on any atom is -0.478 e. The summed E-state index contributed by atoms with van der Waals surface area (Å²) in [6, 6.07) is 13.6. The molecule has 0 saturated carbocycles. The number of nitrogens with one attached hydrogen (secondary N) is 1. The monoisotopic (exact) mass is 403 g/mol. The van der Waals surface area contributed by atoms with Crippen molar-refractivity contribution in [3.63, 3.8) is 0 Å². The van der Waals surface area contributed by atoms with Crippen molar-refractivity contribution in [2.75, 3.05) is 5.32 Å². The van der Waals surface area contributed by atoms with Crippen molar-refractivity contribution in [3.8, 4) is 5.69 Å². The summed E-state index contributed by atoms with van der Waals surface area (Å²) in [6.07, 6.45) is 0. The average Bonchev–Trinajstić information content (AvgIpc) is 3.11. The Balaban J connectivity index is 1.72. The van der Waals surface area contributed by atoms with Crippen molar-refractivity contribution in [3.05, 3.63) is 59.1 Å². The number of hydrogen-bond donors (Lipinski definition) is 2. The summed E-state index contributed by atoms with van der Waals surface area (Å²) < 4.78 is 1.54. The standard InChI is InChI=1S/C17H14ClN5O3S/c1-10(15(24)19-11-7-8-14(18)13(9-11)16(25)26)27-17-20-21-22-23(17)12-5-3-2-4-6-12/h2-10H,1H3,(H,19,24)(H,25,26). The summed E-state index contributed by atoms with van der Waals surface area (Å²) in [5.41, 5.74) is 1.04. The molecule has 10 heteroatoms. The zero-order valence-electron chi connectivity index (χ0n) is 14.0. The smallest absolute Gasteiger partial charge is 0.337 e. The first-order valence-corrected chi connectivity index (χ1v) is 9.05. The van der Waals surface area contributed by atoms with Crippen LogP contribution in [0.5, 0.6) is 0 Å². The van der Waals surface area contributed by atoms with Gasteiger partial charge in [0.25, 0.3) is 0 Å². The lowest BCUT2D eigenvalue weighted by atomic mass is 10.2. The van der Waals surface area contributed by atoms with Gasteiger partial charge in [-0.2, -0.15) is 4.68 Å². The second-order valence-electron chi connectivity index (χ2n) is 5.46. The van der Waals surface area contributed by atoms with Crippen LogP contribution in [0.1, 0.15) is 17.3 Å². The topological polar surface area (TPSA) is 110 Å². The second kappa shape index (κ2) is 8.19. The predicted octanol–water partition coefficient (Wildman–Crippen LogP) is 3.13. The molecule has 1 atom stereocenters. The summed E-state index contributed by atoms with van der Waals surface area (Å²) in [5, 5.41) is 23.4. The predicted molar refractivity (Wildman–Crippen MR) is 102 cm³/mol. The van der Waals surface area contributed by atoms with Gasteiger partial charge in [0.15, 0.2) is 0 Å². The lowest BCUT2D eigenvalue weighted by Gasteiger charge is -2.12. The Hall–Kier alpha value is -2.91. The number of para-hydroxylation sites is 1. The zero-order chi connectivity index (χ0) is 19.4. The van der Waals surface area contributed by atoms with Gasteiger partial charge in [0.2, 0.25) is 11.1 Å². The fourth-order valence-electron chi connectivity index (χ4n) is 2.21. The number of amides is 1. The number of carboxylic acid groups (broad SMARTS) is 1. The van der Waals surface area contributed by atoms with E-state index >= 15 is 0 Å². The van der Waals surface area contributed by atoms with Crippen LogP contribution >= 0.6 is 23.4 Å². The number of halogens is 1. The molecule has 2 aromatic carbocycles. The highest BCUT2D eigenvalue weighted by Crippen LogP contribution is 2.25. The zero-order valence-corrected chi connectivity index (χ0v) is 15.6.